The third-order valence-electron chi connectivity index (χ3n) is 4.60. The summed E-state index contributed by atoms with van der Waals surface area (Å²) in [7, 11) is 1.96. The van der Waals surface area contributed by atoms with E-state index in [1.54, 1.807) is 11.1 Å². The Morgan fingerprint density at radius 3 is 2.64 bits per heavy atom. The van der Waals surface area contributed by atoms with E-state index in [2.05, 4.69) is 16.3 Å². The van der Waals surface area contributed by atoms with Crippen LogP contribution in [-0.2, 0) is 4.79 Å². The maximum absolute atomic E-state index is 12.7. The van der Waals surface area contributed by atoms with Crippen LogP contribution in [0.5, 0.6) is 0 Å². The molecule has 0 aliphatic carbocycles. The molecule has 0 fully saturated rings. The van der Waals surface area contributed by atoms with Gasteiger partial charge in [-0.3, -0.25) is 4.79 Å². The molecule has 0 unspecified atom stereocenters. The number of para-hydroxylation sites is 1. The molecule has 0 saturated heterocycles. The van der Waals surface area contributed by atoms with Crippen molar-refractivity contribution >= 4 is 29.2 Å². The van der Waals surface area contributed by atoms with Crippen molar-refractivity contribution in [2.24, 2.45) is 10.2 Å². The summed E-state index contributed by atoms with van der Waals surface area (Å²) in [4.78, 5) is 16.5. The van der Waals surface area contributed by atoms with Gasteiger partial charge in [0.05, 0.1) is 24.4 Å². The van der Waals surface area contributed by atoms with Gasteiger partial charge in [-0.25, -0.2) is 0 Å². The van der Waals surface area contributed by atoms with Gasteiger partial charge >= 0.3 is 0 Å². The van der Waals surface area contributed by atoms with E-state index in [4.69, 9.17) is 5.26 Å². The van der Waals surface area contributed by atoms with Crippen molar-refractivity contribution in [1.82, 2.24) is 0 Å². The van der Waals surface area contributed by atoms with Crippen molar-refractivity contribution in [3.05, 3.63) is 59.7 Å². The van der Waals surface area contributed by atoms with Gasteiger partial charge in [0.2, 0.25) is 0 Å². The molecule has 1 amide bonds. The highest BCUT2D eigenvalue weighted by molar-refractivity contribution is 6.54. The van der Waals surface area contributed by atoms with E-state index in [1.165, 1.54) is 0 Å². The normalized spacial score (nSPS) is 14.5. The Bertz CT molecular complexity index is 940. The van der Waals surface area contributed by atoms with Crippen molar-refractivity contribution in [2.45, 2.75) is 19.8 Å². The molecule has 0 spiro atoms. The standard InChI is InChI=1S/C22H23N5O/c1-3-14-27-20-8-5-4-7-19(20)21(22(27)28)25-24-16-17-9-11-18(12-10-17)26(2)15-6-13-23/h4-5,7-12,16H,3,6,14-15H2,1-2H3/b24-16-,25-21+. The van der Waals surface area contributed by atoms with Crippen LogP contribution in [0.15, 0.2) is 58.7 Å². The Hall–Kier alpha value is -3.46. The van der Waals surface area contributed by atoms with E-state index in [9.17, 15) is 4.79 Å². The monoisotopic (exact) mass is 373 g/mol. The number of nitrogens with zero attached hydrogens (tertiary/aromatic N) is 5. The highest BCUT2D eigenvalue weighted by Crippen LogP contribution is 2.29. The second-order valence-corrected chi connectivity index (χ2v) is 6.59. The lowest BCUT2D eigenvalue weighted by Gasteiger charge is -2.17. The van der Waals surface area contributed by atoms with Gasteiger partial charge in [-0.05, 0) is 30.2 Å². The predicted octanol–water partition coefficient (Wildman–Crippen LogP) is 3.62. The molecule has 0 saturated carbocycles. The van der Waals surface area contributed by atoms with Gasteiger partial charge in [0.25, 0.3) is 5.91 Å². The molecule has 2 aromatic carbocycles. The summed E-state index contributed by atoms with van der Waals surface area (Å²) in [5.41, 5.74) is 4.04. The van der Waals surface area contributed by atoms with Crippen molar-refractivity contribution < 1.29 is 4.79 Å². The fourth-order valence-corrected chi connectivity index (χ4v) is 3.12. The van der Waals surface area contributed by atoms with Crippen LogP contribution in [-0.4, -0.2) is 38.0 Å². The first-order valence-corrected chi connectivity index (χ1v) is 9.36. The molecule has 6 heteroatoms. The number of carbonyl (C=O) groups is 1. The van der Waals surface area contributed by atoms with Gasteiger partial charge < -0.3 is 9.80 Å². The Labute approximate surface area is 165 Å². The molecule has 1 aliphatic heterocycles. The molecule has 0 aromatic heterocycles. The minimum Gasteiger partial charge on any atom is -0.374 e. The van der Waals surface area contributed by atoms with Gasteiger partial charge in [0, 0.05) is 31.4 Å². The number of anilines is 2. The number of hydrogen-bond donors (Lipinski definition) is 0. The van der Waals surface area contributed by atoms with Gasteiger partial charge in [0.15, 0.2) is 5.71 Å². The molecule has 0 bridgehead atoms. The third kappa shape index (κ3) is 4.09. The molecule has 28 heavy (non-hydrogen) atoms. The zero-order chi connectivity index (χ0) is 19.9. The van der Waals surface area contributed by atoms with Crippen molar-refractivity contribution in [3.63, 3.8) is 0 Å². The smallest absolute Gasteiger partial charge is 0.279 e. The first kappa shape index (κ1) is 19.3. The number of fused-ring (bicyclic) bond motifs is 1. The van der Waals surface area contributed by atoms with Crippen molar-refractivity contribution in [3.8, 4) is 6.07 Å². The van der Waals surface area contributed by atoms with Crippen LogP contribution >= 0.6 is 0 Å². The average Bonchev–Trinajstić information content (AvgIpc) is 2.99. The average molecular weight is 373 g/mol. The van der Waals surface area contributed by atoms with Crippen LogP contribution in [0.4, 0.5) is 11.4 Å². The van der Waals surface area contributed by atoms with E-state index < -0.39 is 0 Å². The number of carbonyl (C=O) groups excluding carboxylic acids is 1. The highest BCUT2D eigenvalue weighted by atomic mass is 16.2. The molecule has 6 nitrogen and oxygen atoms in total. The Balaban J connectivity index is 1.75. The lowest BCUT2D eigenvalue weighted by atomic mass is 10.1. The molecular weight excluding hydrogens is 350 g/mol. The third-order valence-corrected chi connectivity index (χ3v) is 4.60. The van der Waals surface area contributed by atoms with E-state index in [0.717, 1.165) is 28.9 Å². The lowest BCUT2D eigenvalue weighted by Crippen LogP contribution is -2.30. The second kappa shape index (κ2) is 8.96. The molecule has 2 aromatic rings. The van der Waals surface area contributed by atoms with Crippen LogP contribution in [0.3, 0.4) is 0 Å². The molecule has 0 atom stereocenters. The van der Waals surface area contributed by atoms with E-state index in [-0.39, 0.29) is 5.91 Å². The Morgan fingerprint density at radius 2 is 1.93 bits per heavy atom. The zero-order valence-electron chi connectivity index (χ0n) is 16.2. The van der Waals surface area contributed by atoms with Gasteiger partial charge in [-0.15, -0.1) is 5.10 Å². The second-order valence-electron chi connectivity index (χ2n) is 6.59. The van der Waals surface area contributed by atoms with Crippen molar-refractivity contribution in [2.75, 3.05) is 29.9 Å². The van der Waals surface area contributed by atoms with Crippen LogP contribution in [0.2, 0.25) is 0 Å². The number of hydrogen-bond acceptors (Lipinski definition) is 5. The summed E-state index contributed by atoms with van der Waals surface area (Å²) in [5, 5.41) is 17.1. The molecular formula is C22H23N5O. The minimum absolute atomic E-state index is 0.102. The van der Waals surface area contributed by atoms with Crippen LogP contribution in [0.1, 0.15) is 30.9 Å². The van der Waals surface area contributed by atoms with E-state index >= 15 is 0 Å². The maximum atomic E-state index is 12.7. The number of amides is 1. The summed E-state index contributed by atoms with van der Waals surface area (Å²) in [6, 6.07) is 17.7. The number of benzene rings is 2. The zero-order valence-corrected chi connectivity index (χ0v) is 16.2. The fourth-order valence-electron chi connectivity index (χ4n) is 3.12. The SMILES string of the molecule is CCCN1C(=O)/C(=N/N=C\c2ccc(N(C)CCC#N)cc2)c2ccccc21. The summed E-state index contributed by atoms with van der Waals surface area (Å²) in [6.45, 7) is 3.40. The van der Waals surface area contributed by atoms with Gasteiger partial charge in [-0.1, -0.05) is 37.3 Å². The molecule has 1 heterocycles. The molecule has 1 aliphatic rings. The largest absolute Gasteiger partial charge is 0.374 e. The molecule has 0 N–H and O–H groups in total. The van der Waals surface area contributed by atoms with E-state index in [1.807, 2.05) is 67.4 Å². The first-order chi connectivity index (χ1) is 13.7. The summed E-state index contributed by atoms with van der Waals surface area (Å²) in [5.74, 6) is -0.102. The Kier molecular flexibility index (Phi) is 6.18. The fraction of sp³-hybridized carbons (Fsp3) is 0.273. The number of nitriles is 1. The number of rotatable bonds is 7. The maximum Gasteiger partial charge on any atom is 0.279 e. The molecule has 142 valence electrons. The van der Waals surface area contributed by atoms with Crippen LogP contribution in [0, 0.1) is 11.3 Å². The van der Waals surface area contributed by atoms with Gasteiger partial charge in [0.1, 0.15) is 0 Å². The predicted molar refractivity (Wildman–Crippen MR) is 113 cm³/mol. The highest BCUT2D eigenvalue weighted by Gasteiger charge is 2.33. The molecule has 3 rings (SSSR count). The van der Waals surface area contributed by atoms with Crippen LogP contribution in [0.25, 0.3) is 0 Å². The quantitative estimate of drug-likeness (QED) is 0.550. The van der Waals surface area contributed by atoms with Crippen molar-refractivity contribution in [1.29, 1.82) is 5.26 Å². The van der Waals surface area contributed by atoms with E-state index in [0.29, 0.717) is 25.2 Å². The first-order valence-electron chi connectivity index (χ1n) is 9.36. The Morgan fingerprint density at radius 1 is 1.18 bits per heavy atom. The minimum atomic E-state index is -0.102. The topological polar surface area (TPSA) is 72.1 Å². The molecule has 0 radical (unpaired) electrons. The summed E-state index contributed by atoms with van der Waals surface area (Å²) < 4.78 is 0. The summed E-state index contributed by atoms with van der Waals surface area (Å²) >= 11 is 0. The lowest BCUT2D eigenvalue weighted by molar-refractivity contribution is -0.112. The summed E-state index contributed by atoms with van der Waals surface area (Å²) in [6.07, 6.45) is 3.01. The van der Waals surface area contributed by atoms with Crippen LogP contribution < -0.4 is 9.80 Å². The van der Waals surface area contributed by atoms with Gasteiger partial charge in [-0.2, -0.15) is 10.4 Å².